The predicted octanol–water partition coefficient (Wildman–Crippen LogP) is 4.17. The van der Waals surface area contributed by atoms with Gasteiger partial charge in [-0.05, 0) is 70.9 Å². The van der Waals surface area contributed by atoms with Gasteiger partial charge in [0, 0.05) is 28.5 Å². The third kappa shape index (κ3) is 8.88. The number of hydrogen-bond acceptors (Lipinski definition) is 10. The zero-order valence-corrected chi connectivity index (χ0v) is 28.0. The number of nitrogens with one attached hydrogen (secondary N) is 2. The minimum Gasteiger partial charge on any atom is -0.492 e. The molecule has 0 bridgehead atoms. The van der Waals surface area contributed by atoms with Crippen molar-refractivity contribution in [3.63, 3.8) is 0 Å². The van der Waals surface area contributed by atoms with Crippen molar-refractivity contribution in [2.24, 2.45) is 0 Å². The van der Waals surface area contributed by atoms with E-state index in [0.717, 1.165) is 38.0 Å². The van der Waals surface area contributed by atoms with Crippen LogP contribution in [0.5, 0.6) is 11.5 Å². The minimum absolute atomic E-state index is 0. The van der Waals surface area contributed by atoms with E-state index in [-0.39, 0.29) is 19.6 Å². The lowest BCUT2D eigenvalue weighted by atomic mass is 9.78. The first kappa shape index (κ1) is 35.9. The van der Waals surface area contributed by atoms with Gasteiger partial charge in [-0.3, -0.25) is 0 Å². The molecule has 0 fully saturated rings. The maximum Gasteiger partial charge on any atom is 0.498 e. The number of benzene rings is 2. The number of rotatable bonds is 4. The lowest BCUT2D eigenvalue weighted by Crippen LogP contribution is -2.35. The number of carbonyl (C=O) groups excluding carboxylic acids is 2. The lowest BCUT2D eigenvalue weighted by Gasteiger charge is -2.21. The highest BCUT2D eigenvalue weighted by molar-refractivity contribution is 9.10. The highest BCUT2D eigenvalue weighted by atomic mass is 79.9. The van der Waals surface area contributed by atoms with Gasteiger partial charge >= 0.3 is 26.4 Å². The third-order valence-corrected chi connectivity index (χ3v) is 7.58. The third-order valence-electron chi connectivity index (χ3n) is 6.89. The second-order valence-electron chi connectivity index (χ2n) is 12.7. The molecule has 0 saturated carbocycles. The first-order valence-corrected chi connectivity index (χ1v) is 15.8. The molecular formula is C31H43B2BrN2O10. The number of halogens is 1. The molecule has 12 nitrogen and oxygen atoms in total. The summed E-state index contributed by atoms with van der Waals surface area (Å²) in [5, 5.41) is 5.49. The number of alkyl carbamates (subject to hydrolysis) is 2. The molecule has 4 aliphatic rings. The zero-order valence-electron chi connectivity index (χ0n) is 26.4. The van der Waals surface area contributed by atoms with Crippen LogP contribution in [0.15, 0.2) is 34.8 Å². The largest absolute Gasteiger partial charge is 0.498 e. The molecule has 250 valence electrons. The van der Waals surface area contributed by atoms with Gasteiger partial charge in [0.05, 0.1) is 25.4 Å². The van der Waals surface area contributed by atoms with Crippen molar-refractivity contribution in [2.45, 2.75) is 72.4 Å². The molecular weight excluding hydrogens is 662 g/mol. The van der Waals surface area contributed by atoms with E-state index in [1.165, 1.54) is 0 Å². The molecule has 2 atom stereocenters. The van der Waals surface area contributed by atoms with Gasteiger partial charge in [-0.1, -0.05) is 35.5 Å². The molecule has 2 aromatic rings. The van der Waals surface area contributed by atoms with E-state index >= 15 is 0 Å². The van der Waals surface area contributed by atoms with E-state index < -0.39 is 37.6 Å². The fraction of sp³-hybridized carbons (Fsp3) is 0.548. The van der Waals surface area contributed by atoms with Gasteiger partial charge in [0.2, 0.25) is 0 Å². The summed E-state index contributed by atoms with van der Waals surface area (Å²) < 4.78 is 46.0. The summed E-state index contributed by atoms with van der Waals surface area (Å²) in [5.74, 6) is 1.56. The summed E-state index contributed by atoms with van der Waals surface area (Å²) in [5.41, 5.74) is 2.70. The zero-order chi connectivity index (χ0) is 32.4. The summed E-state index contributed by atoms with van der Waals surface area (Å²) in [4.78, 5) is 23.6. The lowest BCUT2D eigenvalue weighted by molar-refractivity contribution is 0.0485. The molecule has 2 amide bonds. The van der Waals surface area contributed by atoms with E-state index in [4.69, 9.17) is 37.6 Å². The van der Waals surface area contributed by atoms with Crippen LogP contribution in [0.25, 0.3) is 0 Å². The molecule has 0 saturated heterocycles. The van der Waals surface area contributed by atoms with Gasteiger partial charge in [0.15, 0.2) is 0 Å². The van der Waals surface area contributed by atoms with E-state index in [0.29, 0.717) is 39.5 Å². The minimum atomic E-state index is -0.535. The first-order chi connectivity index (χ1) is 21.3. The number of ether oxygens (including phenoxy) is 4. The van der Waals surface area contributed by atoms with Crippen molar-refractivity contribution in [1.82, 2.24) is 10.6 Å². The monoisotopic (exact) mass is 704 g/mol. The Morgan fingerprint density at radius 2 is 1.30 bits per heavy atom. The van der Waals surface area contributed by atoms with Crippen molar-refractivity contribution in [3.05, 3.63) is 45.9 Å². The van der Waals surface area contributed by atoms with Crippen molar-refractivity contribution >= 4 is 53.3 Å². The fourth-order valence-corrected chi connectivity index (χ4v) is 5.83. The van der Waals surface area contributed by atoms with Crippen LogP contribution in [0, 0.1) is 0 Å². The normalized spacial score (nSPS) is 19.4. The van der Waals surface area contributed by atoms with Crippen LogP contribution in [0.1, 0.15) is 72.3 Å². The second-order valence-corrected chi connectivity index (χ2v) is 13.6. The number of amides is 2. The Bertz CT molecular complexity index is 1400. The smallest absolute Gasteiger partial charge is 0.492 e. The van der Waals surface area contributed by atoms with Crippen LogP contribution in [0.3, 0.4) is 0 Å². The van der Waals surface area contributed by atoms with Crippen LogP contribution < -0.4 is 31.0 Å². The van der Waals surface area contributed by atoms with E-state index in [2.05, 4.69) is 26.6 Å². The summed E-state index contributed by atoms with van der Waals surface area (Å²) >= 11 is 3.55. The molecule has 4 heterocycles. The van der Waals surface area contributed by atoms with Crippen molar-refractivity contribution < 1.29 is 47.2 Å². The van der Waals surface area contributed by atoms with Gasteiger partial charge in [-0.15, -0.1) is 0 Å². The fourth-order valence-electron chi connectivity index (χ4n) is 5.23. The summed E-state index contributed by atoms with van der Waals surface area (Å²) in [6.45, 7) is 13.5. The average Bonchev–Trinajstić information content (AvgIpc) is 3.33. The Labute approximate surface area is 279 Å². The number of hydrogen-bond donors (Lipinski definition) is 2. The van der Waals surface area contributed by atoms with Gasteiger partial charge in [0.25, 0.3) is 0 Å². The molecule has 2 N–H and O–H groups in total. The van der Waals surface area contributed by atoms with Crippen molar-refractivity contribution in [3.8, 4) is 11.5 Å². The first-order valence-electron chi connectivity index (χ1n) is 15.0. The summed E-state index contributed by atoms with van der Waals surface area (Å²) in [6, 6.07) is 9.63. The SMILES string of the molecule is C.CC(C)(C)OC(=O)NC[C@H]1OB2OCCOc3ccc(Br)c1c32.CC(C)(C)OC(=O)NC[C@H]1OB2OCCOc3cccc1c32. The van der Waals surface area contributed by atoms with E-state index in [1.54, 1.807) is 0 Å². The molecule has 46 heavy (non-hydrogen) atoms. The Hall–Kier alpha value is -2.97. The number of carbonyl (C=O) groups is 2. The van der Waals surface area contributed by atoms with Crippen LogP contribution in [-0.2, 0) is 28.1 Å². The second kappa shape index (κ2) is 14.8. The molecule has 0 spiro atoms. The Kier molecular flexibility index (Phi) is 11.6. The Morgan fingerprint density at radius 1 is 0.783 bits per heavy atom. The topological polar surface area (TPSA) is 132 Å². The quantitative estimate of drug-likeness (QED) is 0.447. The highest BCUT2D eigenvalue weighted by Gasteiger charge is 2.43. The van der Waals surface area contributed by atoms with Gasteiger partial charge in [0.1, 0.15) is 35.9 Å². The molecule has 4 aliphatic heterocycles. The maximum atomic E-state index is 11.8. The standard InChI is InChI=1S/C15H19BBrNO5.C15H20BNO5.CH4/c1-15(2,3)22-14(19)18-8-11-12-9(17)4-5-10-13(12)16(23-11)21-7-6-20-10;1-15(2,3)21-14(18)17-9-12-10-5-4-6-11-13(10)16(22-12)20-8-7-19-11;/h4-5,11H,6-8H2,1-3H3,(H,18,19);4-6,12H,7-9H2,1-3H3,(H,17,18);1H4/t11-;12-;/m11./s1. The maximum absolute atomic E-state index is 11.8. The molecule has 6 rings (SSSR count). The molecule has 0 aliphatic carbocycles. The van der Waals surface area contributed by atoms with Gasteiger partial charge in [-0.2, -0.15) is 0 Å². The molecule has 0 unspecified atom stereocenters. The average molecular weight is 705 g/mol. The van der Waals surface area contributed by atoms with Crippen LogP contribution >= 0.6 is 15.9 Å². The van der Waals surface area contributed by atoms with Gasteiger partial charge in [-0.25, -0.2) is 9.59 Å². The van der Waals surface area contributed by atoms with Gasteiger partial charge < -0.3 is 48.2 Å². The van der Waals surface area contributed by atoms with Crippen LogP contribution in [-0.4, -0.2) is 77.1 Å². The molecule has 2 aromatic carbocycles. The van der Waals surface area contributed by atoms with E-state index in [9.17, 15) is 9.59 Å². The Morgan fingerprint density at radius 3 is 1.89 bits per heavy atom. The van der Waals surface area contributed by atoms with Crippen molar-refractivity contribution in [1.29, 1.82) is 0 Å². The molecule has 15 heteroatoms. The van der Waals surface area contributed by atoms with E-state index in [1.807, 2.05) is 71.9 Å². The van der Waals surface area contributed by atoms with Crippen molar-refractivity contribution in [2.75, 3.05) is 39.5 Å². The molecule has 0 radical (unpaired) electrons. The Balaban J connectivity index is 0.000000205. The van der Waals surface area contributed by atoms with Crippen LogP contribution in [0.2, 0.25) is 0 Å². The predicted molar refractivity (Wildman–Crippen MR) is 177 cm³/mol. The van der Waals surface area contributed by atoms with Crippen LogP contribution in [0.4, 0.5) is 9.59 Å². The molecule has 0 aromatic heterocycles. The summed E-state index contributed by atoms with van der Waals surface area (Å²) in [6.07, 6.45) is -1.52. The highest BCUT2D eigenvalue weighted by Crippen LogP contribution is 2.35. The summed E-state index contributed by atoms with van der Waals surface area (Å²) in [7, 11) is -0.899.